The Bertz CT molecular complexity index is 485. The van der Waals surface area contributed by atoms with Gasteiger partial charge in [-0.1, -0.05) is 12.8 Å². The second-order valence-corrected chi connectivity index (χ2v) is 4.86. The second kappa shape index (κ2) is 5.40. The maximum atomic E-state index is 12.2. The van der Waals surface area contributed by atoms with Gasteiger partial charge >= 0.3 is 0 Å². The summed E-state index contributed by atoms with van der Waals surface area (Å²) in [6, 6.07) is 0.997. The van der Waals surface area contributed by atoms with Crippen molar-refractivity contribution in [1.82, 2.24) is 9.88 Å². The number of aliphatic hydroxyl groups is 1. The number of aliphatic hydroxyl groups excluding tert-OH is 1. The van der Waals surface area contributed by atoms with E-state index in [4.69, 9.17) is 0 Å². The summed E-state index contributed by atoms with van der Waals surface area (Å²) in [5, 5.41) is 20.5. The smallest absolute Gasteiger partial charge is 0.287 e. The van der Waals surface area contributed by atoms with Gasteiger partial charge in [0, 0.05) is 13.1 Å². The summed E-state index contributed by atoms with van der Waals surface area (Å²) in [6.07, 6.45) is 4.06. The maximum Gasteiger partial charge on any atom is 0.287 e. The molecule has 0 spiro atoms. The molecular formula is C12H17N3O4. The fourth-order valence-corrected chi connectivity index (χ4v) is 2.50. The largest absolute Gasteiger partial charge is 0.391 e. The highest BCUT2D eigenvalue weighted by molar-refractivity contribution is 5.93. The molecule has 2 unspecified atom stereocenters. The fraction of sp³-hybridized carbons (Fsp3) is 0.583. The second-order valence-electron chi connectivity index (χ2n) is 4.86. The van der Waals surface area contributed by atoms with Crippen LogP contribution in [0.4, 0.5) is 5.69 Å². The molecule has 19 heavy (non-hydrogen) atoms. The standard InChI is InChI=1S/C12H17N3O4/c1-14(10-4-2-3-5-11(10)16)12(17)9-6-8(7-13-9)15(18)19/h6-7,10-11,13,16H,2-5H2,1H3. The monoisotopic (exact) mass is 267 g/mol. The van der Waals surface area contributed by atoms with Crippen molar-refractivity contribution in [1.29, 1.82) is 0 Å². The van der Waals surface area contributed by atoms with Crippen LogP contribution in [-0.4, -0.2) is 45.0 Å². The SMILES string of the molecule is CN(C(=O)c1cc([N+](=O)[O-])c[nH]1)C1CCCCC1O. The highest BCUT2D eigenvalue weighted by Gasteiger charge is 2.30. The molecule has 7 nitrogen and oxygen atoms in total. The molecule has 2 atom stereocenters. The van der Waals surface area contributed by atoms with Crippen LogP contribution in [0.2, 0.25) is 0 Å². The lowest BCUT2D eigenvalue weighted by molar-refractivity contribution is -0.384. The number of H-pyrrole nitrogens is 1. The zero-order valence-corrected chi connectivity index (χ0v) is 10.7. The highest BCUT2D eigenvalue weighted by atomic mass is 16.6. The van der Waals surface area contributed by atoms with Crippen LogP contribution in [-0.2, 0) is 0 Å². The van der Waals surface area contributed by atoms with Crippen molar-refractivity contribution in [3.63, 3.8) is 0 Å². The first kappa shape index (κ1) is 13.5. The predicted molar refractivity (Wildman–Crippen MR) is 67.8 cm³/mol. The van der Waals surface area contributed by atoms with E-state index in [2.05, 4.69) is 4.98 Å². The number of carbonyl (C=O) groups excluding carboxylic acids is 1. The van der Waals surface area contributed by atoms with Crippen molar-refractivity contribution >= 4 is 11.6 Å². The number of aromatic amines is 1. The van der Waals surface area contributed by atoms with Crippen LogP contribution < -0.4 is 0 Å². The number of rotatable bonds is 3. The summed E-state index contributed by atoms with van der Waals surface area (Å²) < 4.78 is 0. The number of amides is 1. The quantitative estimate of drug-likeness (QED) is 0.636. The van der Waals surface area contributed by atoms with Gasteiger partial charge in [-0.3, -0.25) is 14.9 Å². The number of likely N-dealkylation sites (N-methyl/N-ethyl adjacent to an activating group) is 1. The predicted octanol–water partition coefficient (Wildman–Crippen LogP) is 1.30. The van der Waals surface area contributed by atoms with Gasteiger partial charge in [-0.2, -0.15) is 0 Å². The first-order chi connectivity index (χ1) is 9.00. The van der Waals surface area contributed by atoms with Crippen molar-refractivity contribution in [2.45, 2.75) is 37.8 Å². The van der Waals surface area contributed by atoms with Crippen molar-refractivity contribution in [2.24, 2.45) is 0 Å². The number of nitrogens with one attached hydrogen (secondary N) is 1. The normalized spacial score (nSPS) is 23.1. The Morgan fingerprint density at radius 2 is 2.21 bits per heavy atom. The number of aromatic nitrogens is 1. The van der Waals surface area contributed by atoms with Gasteiger partial charge in [0.05, 0.1) is 23.3 Å². The zero-order chi connectivity index (χ0) is 14.0. The van der Waals surface area contributed by atoms with Gasteiger partial charge in [0.2, 0.25) is 0 Å². The Labute approximate surface area is 110 Å². The van der Waals surface area contributed by atoms with Crippen LogP contribution in [0.5, 0.6) is 0 Å². The molecule has 0 aliphatic heterocycles. The fourth-order valence-electron chi connectivity index (χ4n) is 2.50. The molecule has 7 heteroatoms. The summed E-state index contributed by atoms with van der Waals surface area (Å²) in [6.45, 7) is 0. The summed E-state index contributed by atoms with van der Waals surface area (Å²) >= 11 is 0. The Hall–Kier alpha value is -1.89. The van der Waals surface area contributed by atoms with Crippen LogP contribution in [0, 0.1) is 10.1 Å². The summed E-state index contributed by atoms with van der Waals surface area (Å²) in [4.78, 5) is 26.3. The third kappa shape index (κ3) is 2.76. The van der Waals surface area contributed by atoms with Crippen molar-refractivity contribution in [3.05, 3.63) is 28.1 Å². The minimum absolute atomic E-state index is 0.138. The average Bonchev–Trinajstić information content (AvgIpc) is 2.87. The summed E-state index contributed by atoms with van der Waals surface area (Å²) in [5.74, 6) is -0.334. The Morgan fingerprint density at radius 3 is 2.79 bits per heavy atom. The molecular weight excluding hydrogens is 250 g/mol. The molecule has 2 rings (SSSR count). The van der Waals surface area contributed by atoms with Gasteiger partial charge in [-0.05, 0) is 12.8 Å². The van der Waals surface area contributed by atoms with Crippen molar-refractivity contribution in [2.75, 3.05) is 7.05 Å². The Kier molecular flexibility index (Phi) is 3.84. The van der Waals surface area contributed by atoms with E-state index in [0.29, 0.717) is 6.42 Å². The van der Waals surface area contributed by atoms with Gasteiger partial charge in [-0.15, -0.1) is 0 Å². The number of nitrogens with zero attached hydrogens (tertiary/aromatic N) is 2. The molecule has 1 aromatic rings. The number of hydrogen-bond donors (Lipinski definition) is 2. The van der Waals surface area contributed by atoms with Crippen LogP contribution in [0.1, 0.15) is 36.2 Å². The Morgan fingerprint density at radius 1 is 1.53 bits per heavy atom. The molecule has 0 saturated heterocycles. The van der Waals surface area contributed by atoms with E-state index in [-0.39, 0.29) is 23.3 Å². The van der Waals surface area contributed by atoms with E-state index in [9.17, 15) is 20.0 Å². The molecule has 104 valence electrons. The number of carbonyl (C=O) groups is 1. The minimum Gasteiger partial charge on any atom is -0.391 e. The molecule has 2 N–H and O–H groups in total. The van der Waals surface area contributed by atoms with Crippen LogP contribution in [0.3, 0.4) is 0 Å². The summed E-state index contributed by atoms with van der Waals surface area (Å²) in [5.41, 5.74) is 0.0351. The van der Waals surface area contributed by atoms with Gasteiger partial charge in [0.1, 0.15) is 5.69 Å². The minimum atomic E-state index is -0.553. The third-order valence-electron chi connectivity index (χ3n) is 3.62. The lowest BCUT2D eigenvalue weighted by atomic mass is 9.91. The third-order valence-corrected chi connectivity index (χ3v) is 3.62. The molecule has 1 aliphatic carbocycles. The van der Waals surface area contributed by atoms with Crippen LogP contribution in [0.15, 0.2) is 12.3 Å². The van der Waals surface area contributed by atoms with E-state index in [1.165, 1.54) is 17.2 Å². The van der Waals surface area contributed by atoms with E-state index in [1.54, 1.807) is 7.05 Å². The lowest BCUT2D eigenvalue weighted by Gasteiger charge is -2.34. The van der Waals surface area contributed by atoms with E-state index >= 15 is 0 Å². The van der Waals surface area contributed by atoms with Crippen LogP contribution >= 0.6 is 0 Å². The number of nitro groups is 1. The van der Waals surface area contributed by atoms with E-state index < -0.39 is 11.0 Å². The first-order valence-corrected chi connectivity index (χ1v) is 6.28. The molecule has 0 aromatic carbocycles. The topological polar surface area (TPSA) is 99.5 Å². The lowest BCUT2D eigenvalue weighted by Crippen LogP contribution is -2.46. The number of hydrogen-bond acceptors (Lipinski definition) is 4. The highest BCUT2D eigenvalue weighted by Crippen LogP contribution is 2.24. The molecule has 1 aromatic heterocycles. The maximum absolute atomic E-state index is 12.2. The van der Waals surface area contributed by atoms with E-state index in [0.717, 1.165) is 19.3 Å². The molecule has 1 fully saturated rings. The van der Waals surface area contributed by atoms with Gasteiger partial charge in [0.25, 0.3) is 11.6 Å². The average molecular weight is 267 g/mol. The molecule has 0 bridgehead atoms. The Balaban J connectivity index is 2.11. The van der Waals surface area contributed by atoms with Crippen LogP contribution in [0.25, 0.3) is 0 Å². The zero-order valence-electron chi connectivity index (χ0n) is 10.7. The van der Waals surface area contributed by atoms with Gasteiger partial charge in [-0.25, -0.2) is 0 Å². The molecule has 0 radical (unpaired) electrons. The molecule has 1 amide bonds. The molecule has 1 aliphatic rings. The van der Waals surface area contributed by atoms with Crippen molar-refractivity contribution < 1.29 is 14.8 Å². The van der Waals surface area contributed by atoms with Gasteiger partial charge < -0.3 is 15.0 Å². The first-order valence-electron chi connectivity index (χ1n) is 6.28. The molecule has 1 heterocycles. The summed E-state index contributed by atoms with van der Waals surface area (Å²) in [7, 11) is 1.62. The molecule has 1 saturated carbocycles. The van der Waals surface area contributed by atoms with E-state index in [1.807, 2.05) is 0 Å². The van der Waals surface area contributed by atoms with Gasteiger partial charge in [0.15, 0.2) is 0 Å². The van der Waals surface area contributed by atoms with Crippen molar-refractivity contribution in [3.8, 4) is 0 Å².